The van der Waals surface area contributed by atoms with Crippen LogP contribution in [0.3, 0.4) is 0 Å². The zero-order chi connectivity index (χ0) is 40.7. The van der Waals surface area contributed by atoms with Crippen LogP contribution in [0, 0.1) is 0 Å². The number of unbranched alkanes of at least 4 members (excludes halogenated alkanes) is 19. The van der Waals surface area contributed by atoms with Gasteiger partial charge in [0.05, 0.1) is 6.61 Å². The summed E-state index contributed by atoms with van der Waals surface area (Å²) in [6.45, 7) is 4.01. The minimum absolute atomic E-state index is 0.0722. The Labute approximate surface area is 346 Å². The summed E-state index contributed by atoms with van der Waals surface area (Å²) in [5, 5.41) is 9.59. The van der Waals surface area contributed by atoms with Gasteiger partial charge < -0.3 is 14.6 Å². The van der Waals surface area contributed by atoms with Gasteiger partial charge in [0.1, 0.15) is 6.61 Å². The molecule has 0 aliphatic rings. The largest absolute Gasteiger partial charge is 0.462 e. The van der Waals surface area contributed by atoms with Gasteiger partial charge in [-0.1, -0.05) is 208 Å². The molecule has 0 bridgehead atoms. The van der Waals surface area contributed by atoms with E-state index in [2.05, 4.69) is 98.9 Å². The van der Waals surface area contributed by atoms with Gasteiger partial charge >= 0.3 is 11.9 Å². The fourth-order valence-electron chi connectivity index (χ4n) is 6.24. The first-order valence-electron chi connectivity index (χ1n) is 23.1. The van der Waals surface area contributed by atoms with Crippen LogP contribution in [0.2, 0.25) is 0 Å². The highest BCUT2D eigenvalue weighted by atomic mass is 16.6. The van der Waals surface area contributed by atoms with E-state index in [4.69, 9.17) is 9.47 Å². The lowest BCUT2D eigenvalue weighted by molar-refractivity contribution is -0.161. The third-order valence-electron chi connectivity index (χ3n) is 9.70. The standard InChI is InChI=1S/C51H86O5/c1-3-5-7-9-11-13-15-17-18-19-20-21-22-23-24-25-26-27-28-29-30-31-32-34-36-38-40-42-44-46-51(54)56-49(47-52)48-55-50(53)45-43-41-39-37-35-33-16-14-12-10-8-6-4-2/h5,7,11,13,17-18,20-21,23-24,26-27,29-30,49,52H,3-4,6,8-10,12,14-16,19,22,25,28,31-48H2,1-2H3/b7-5-,13-11-,18-17-,21-20-,24-23-,27-26-,30-29-. The molecule has 0 heterocycles. The smallest absolute Gasteiger partial charge is 0.306 e. The third-order valence-corrected chi connectivity index (χ3v) is 9.70. The van der Waals surface area contributed by atoms with Crippen LogP contribution in [0.5, 0.6) is 0 Å². The second kappa shape index (κ2) is 46.5. The van der Waals surface area contributed by atoms with Crippen molar-refractivity contribution >= 4 is 11.9 Å². The molecule has 1 atom stereocenters. The summed E-state index contributed by atoms with van der Waals surface area (Å²) in [4.78, 5) is 24.3. The van der Waals surface area contributed by atoms with Crippen molar-refractivity contribution in [2.45, 2.75) is 213 Å². The van der Waals surface area contributed by atoms with E-state index in [0.717, 1.165) is 89.9 Å². The van der Waals surface area contributed by atoms with Crippen LogP contribution in [-0.4, -0.2) is 36.4 Å². The van der Waals surface area contributed by atoms with Crippen LogP contribution in [0.25, 0.3) is 0 Å². The van der Waals surface area contributed by atoms with E-state index < -0.39 is 6.10 Å². The van der Waals surface area contributed by atoms with Crippen molar-refractivity contribution in [3.05, 3.63) is 85.1 Å². The molecule has 5 heteroatoms. The quantitative estimate of drug-likeness (QED) is 0.0380. The highest BCUT2D eigenvalue weighted by molar-refractivity contribution is 5.70. The van der Waals surface area contributed by atoms with Crippen molar-refractivity contribution in [1.29, 1.82) is 0 Å². The maximum Gasteiger partial charge on any atom is 0.306 e. The number of esters is 2. The van der Waals surface area contributed by atoms with Crippen molar-refractivity contribution in [1.82, 2.24) is 0 Å². The molecule has 0 saturated carbocycles. The molecule has 0 aliphatic carbocycles. The molecule has 0 aliphatic heterocycles. The number of aliphatic hydroxyl groups is 1. The first-order valence-corrected chi connectivity index (χ1v) is 23.1. The normalized spacial score (nSPS) is 13.0. The molecule has 0 aromatic rings. The Balaban J connectivity index is 3.60. The Morgan fingerprint density at radius 3 is 1.16 bits per heavy atom. The molecule has 0 aromatic heterocycles. The first kappa shape index (κ1) is 53.1. The topological polar surface area (TPSA) is 72.8 Å². The second-order valence-electron chi connectivity index (χ2n) is 15.1. The minimum Gasteiger partial charge on any atom is -0.462 e. The summed E-state index contributed by atoms with van der Waals surface area (Å²) in [5.41, 5.74) is 0. The minimum atomic E-state index is -0.780. The summed E-state index contributed by atoms with van der Waals surface area (Å²) < 4.78 is 10.6. The van der Waals surface area contributed by atoms with E-state index in [1.807, 2.05) is 0 Å². The number of hydrogen-bond acceptors (Lipinski definition) is 5. The van der Waals surface area contributed by atoms with Crippen molar-refractivity contribution in [2.75, 3.05) is 13.2 Å². The molecule has 0 saturated heterocycles. The van der Waals surface area contributed by atoms with Gasteiger partial charge in [-0.2, -0.15) is 0 Å². The Morgan fingerprint density at radius 2 is 0.768 bits per heavy atom. The van der Waals surface area contributed by atoms with Gasteiger partial charge in [-0.25, -0.2) is 0 Å². The Morgan fingerprint density at radius 1 is 0.429 bits per heavy atom. The molecule has 0 aromatic carbocycles. The monoisotopic (exact) mass is 779 g/mol. The van der Waals surface area contributed by atoms with E-state index in [9.17, 15) is 14.7 Å². The highest BCUT2D eigenvalue weighted by Crippen LogP contribution is 2.14. The highest BCUT2D eigenvalue weighted by Gasteiger charge is 2.16. The molecule has 0 amide bonds. The Hall–Kier alpha value is -2.92. The summed E-state index contributed by atoms with van der Waals surface area (Å²) in [6.07, 6.45) is 63.7. The maximum atomic E-state index is 12.2. The Bertz CT molecular complexity index is 1060. The third kappa shape index (κ3) is 43.8. The van der Waals surface area contributed by atoms with Gasteiger partial charge in [0.2, 0.25) is 0 Å². The van der Waals surface area contributed by atoms with Crippen molar-refractivity contribution in [2.24, 2.45) is 0 Å². The summed E-state index contributed by atoms with van der Waals surface area (Å²) in [5.74, 6) is -0.605. The zero-order valence-corrected chi connectivity index (χ0v) is 36.4. The van der Waals surface area contributed by atoms with Crippen LogP contribution in [0.1, 0.15) is 206 Å². The molecule has 1 N–H and O–H groups in total. The van der Waals surface area contributed by atoms with E-state index >= 15 is 0 Å². The molecule has 0 fully saturated rings. The SMILES string of the molecule is CC/C=C\C/C=C\C/C=C\C/C=C\C/C=C\C/C=C\C/C=C\CCCCCCCCCC(=O)OC(CO)COC(=O)CCCCCCCCCCCCCCC. The molecular weight excluding hydrogens is 693 g/mol. The van der Waals surface area contributed by atoms with E-state index in [1.54, 1.807) is 0 Å². The number of hydrogen-bond donors (Lipinski definition) is 1. The Kier molecular flexibility index (Phi) is 44.0. The predicted octanol–water partition coefficient (Wildman–Crippen LogP) is 15.1. The molecule has 56 heavy (non-hydrogen) atoms. The van der Waals surface area contributed by atoms with Crippen LogP contribution < -0.4 is 0 Å². The van der Waals surface area contributed by atoms with E-state index in [1.165, 1.54) is 89.9 Å². The number of carbonyl (C=O) groups is 2. The van der Waals surface area contributed by atoms with Crippen LogP contribution >= 0.6 is 0 Å². The molecule has 320 valence electrons. The second-order valence-corrected chi connectivity index (χ2v) is 15.1. The summed E-state index contributed by atoms with van der Waals surface area (Å²) in [6, 6.07) is 0. The average molecular weight is 779 g/mol. The molecular formula is C51H86O5. The number of carbonyl (C=O) groups excluding carboxylic acids is 2. The fraction of sp³-hybridized carbons (Fsp3) is 0.686. The summed E-state index contributed by atoms with van der Waals surface area (Å²) in [7, 11) is 0. The average Bonchev–Trinajstić information content (AvgIpc) is 3.20. The van der Waals surface area contributed by atoms with Gasteiger partial charge in [0.25, 0.3) is 0 Å². The van der Waals surface area contributed by atoms with Gasteiger partial charge in [-0.05, 0) is 70.6 Å². The number of ether oxygens (including phenoxy) is 2. The van der Waals surface area contributed by atoms with Crippen molar-refractivity contribution in [3.8, 4) is 0 Å². The lowest BCUT2D eigenvalue weighted by atomic mass is 10.0. The summed E-state index contributed by atoms with van der Waals surface area (Å²) >= 11 is 0. The van der Waals surface area contributed by atoms with E-state index in [-0.39, 0.29) is 25.2 Å². The number of aliphatic hydroxyl groups excluding tert-OH is 1. The lowest BCUT2D eigenvalue weighted by Gasteiger charge is -2.15. The zero-order valence-electron chi connectivity index (χ0n) is 36.4. The van der Waals surface area contributed by atoms with Gasteiger partial charge in [-0.3, -0.25) is 9.59 Å². The first-order chi connectivity index (χ1) is 27.6. The molecule has 5 nitrogen and oxygen atoms in total. The molecule has 0 radical (unpaired) electrons. The van der Waals surface area contributed by atoms with Gasteiger partial charge in [0.15, 0.2) is 6.10 Å². The van der Waals surface area contributed by atoms with Crippen molar-refractivity contribution < 1.29 is 24.2 Å². The lowest BCUT2D eigenvalue weighted by Crippen LogP contribution is -2.28. The van der Waals surface area contributed by atoms with Gasteiger partial charge in [0, 0.05) is 12.8 Å². The van der Waals surface area contributed by atoms with Gasteiger partial charge in [-0.15, -0.1) is 0 Å². The van der Waals surface area contributed by atoms with Crippen LogP contribution in [0.4, 0.5) is 0 Å². The molecule has 1 unspecified atom stereocenters. The number of rotatable bonds is 41. The van der Waals surface area contributed by atoms with E-state index in [0.29, 0.717) is 12.8 Å². The van der Waals surface area contributed by atoms with Crippen LogP contribution in [0.15, 0.2) is 85.1 Å². The predicted molar refractivity (Wildman–Crippen MR) is 242 cm³/mol. The fourth-order valence-corrected chi connectivity index (χ4v) is 6.24. The molecule has 0 spiro atoms. The molecule has 0 rings (SSSR count). The van der Waals surface area contributed by atoms with Crippen molar-refractivity contribution in [3.63, 3.8) is 0 Å². The van der Waals surface area contributed by atoms with Crippen LogP contribution in [-0.2, 0) is 19.1 Å². The maximum absolute atomic E-state index is 12.2. The number of allylic oxidation sites excluding steroid dienone is 14.